The molecule has 0 saturated carbocycles. The predicted octanol–water partition coefficient (Wildman–Crippen LogP) is 3.18. The third-order valence-corrected chi connectivity index (χ3v) is 5.14. The average molecular weight is 206 g/mol. The number of rotatable bonds is 6. The van der Waals surface area contributed by atoms with Crippen molar-refractivity contribution in [2.24, 2.45) is 5.92 Å². The monoisotopic (exact) mass is 206 g/mol. The lowest BCUT2D eigenvalue weighted by Crippen LogP contribution is -2.33. The Bertz CT molecular complexity index is 117. The summed E-state index contributed by atoms with van der Waals surface area (Å²) in [6, 6.07) is 1.23. The van der Waals surface area contributed by atoms with Crippen LogP contribution >= 0.6 is 12.6 Å². The van der Waals surface area contributed by atoms with Crippen molar-refractivity contribution >= 4 is 20.9 Å². The zero-order valence-corrected chi connectivity index (χ0v) is 10.7. The van der Waals surface area contributed by atoms with Gasteiger partial charge in [-0.3, -0.25) is 0 Å². The first-order valence-electron chi connectivity index (χ1n) is 4.76. The maximum absolute atomic E-state index is 5.86. The molecule has 0 aliphatic heterocycles. The van der Waals surface area contributed by atoms with Crippen molar-refractivity contribution in [3.63, 3.8) is 0 Å². The van der Waals surface area contributed by atoms with Gasteiger partial charge in [-0.15, -0.1) is 0 Å². The molecule has 0 aliphatic carbocycles. The predicted molar refractivity (Wildman–Crippen MR) is 61.5 cm³/mol. The summed E-state index contributed by atoms with van der Waals surface area (Å²) in [5, 5.41) is 0. The number of thiol groups is 1. The zero-order valence-electron chi connectivity index (χ0n) is 8.76. The van der Waals surface area contributed by atoms with Crippen molar-refractivity contribution in [3.8, 4) is 0 Å². The van der Waals surface area contributed by atoms with E-state index in [1.165, 1.54) is 6.04 Å². The molecule has 1 atom stereocenters. The second kappa shape index (κ2) is 6.05. The Kier molecular flexibility index (Phi) is 6.32. The Hall–Kier alpha value is 0.527. The lowest BCUT2D eigenvalue weighted by atomic mass is 10.3. The van der Waals surface area contributed by atoms with Crippen LogP contribution in [-0.2, 0) is 4.43 Å². The van der Waals surface area contributed by atoms with E-state index in [1.54, 1.807) is 0 Å². The van der Waals surface area contributed by atoms with Gasteiger partial charge < -0.3 is 4.43 Å². The van der Waals surface area contributed by atoms with E-state index in [-0.39, 0.29) is 0 Å². The first kappa shape index (κ1) is 12.5. The van der Waals surface area contributed by atoms with E-state index >= 15 is 0 Å². The van der Waals surface area contributed by atoms with Gasteiger partial charge in [-0.05, 0) is 37.2 Å². The Balaban J connectivity index is 3.69. The lowest BCUT2D eigenvalue weighted by molar-refractivity contribution is 0.303. The highest BCUT2D eigenvalue weighted by molar-refractivity contribution is 7.80. The molecule has 0 aromatic carbocycles. The van der Waals surface area contributed by atoms with Gasteiger partial charge in [-0.1, -0.05) is 13.8 Å². The van der Waals surface area contributed by atoms with Crippen LogP contribution in [0, 0.1) is 5.92 Å². The van der Waals surface area contributed by atoms with Gasteiger partial charge in [0.1, 0.15) is 0 Å². The first-order chi connectivity index (χ1) is 5.52. The molecule has 74 valence electrons. The molecule has 0 saturated heterocycles. The average Bonchev–Trinajstić information content (AvgIpc) is 2.00. The molecule has 3 heteroatoms. The summed E-state index contributed by atoms with van der Waals surface area (Å²) in [5.74, 6) is 1.68. The Morgan fingerprint density at radius 2 is 2.00 bits per heavy atom. The molecule has 0 aromatic heterocycles. The minimum absolute atomic E-state index is 0.701. The third kappa shape index (κ3) is 6.09. The zero-order chi connectivity index (χ0) is 9.61. The first-order valence-corrected chi connectivity index (χ1v) is 8.51. The maximum atomic E-state index is 5.86. The highest BCUT2D eigenvalue weighted by Crippen LogP contribution is 2.18. The molecule has 0 heterocycles. The van der Waals surface area contributed by atoms with Gasteiger partial charge in [0, 0.05) is 6.61 Å². The molecular formula is C9H22OSSi. The SMILES string of the molecule is CCCO[Si](C)(C)CC(C)CS. The molecule has 0 spiro atoms. The topological polar surface area (TPSA) is 9.23 Å². The van der Waals surface area contributed by atoms with Crippen molar-refractivity contribution in [3.05, 3.63) is 0 Å². The second-order valence-electron chi connectivity index (χ2n) is 4.10. The fraction of sp³-hybridized carbons (Fsp3) is 1.00. The smallest absolute Gasteiger partial charge is 0.187 e. The van der Waals surface area contributed by atoms with Gasteiger partial charge in [0.15, 0.2) is 8.32 Å². The summed E-state index contributed by atoms with van der Waals surface area (Å²) in [6.45, 7) is 9.92. The van der Waals surface area contributed by atoms with Crippen LogP contribution < -0.4 is 0 Å². The Labute approximate surface area is 83.4 Å². The van der Waals surface area contributed by atoms with Crippen molar-refractivity contribution in [2.45, 2.75) is 39.4 Å². The van der Waals surface area contributed by atoms with E-state index < -0.39 is 8.32 Å². The van der Waals surface area contributed by atoms with Crippen molar-refractivity contribution < 1.29 is 4.43 Å². The van der Waals surface area contributed by atoms with Crippen molar-refractivity contribution in [1.82, 2.24) is 0 Å². The van der Waals surface area contributed by atoms with E-state index in [9.17, 15) is 0 Å². The van der Waals surface area contributed by atoms with E-state index in [2.05, 4.69) is 39.6 Å². The Morgan fingerprint density at radius 1 is 1.42 bits per heavy atom. The van der Waals surface area contributed by atoms with Crippen LogP contribution in [0.15, 0.2) is 0 Å². The van der Waals surface area contributed by atoms with Crippen LogP contribution in [0.3, 0.4) is 0 Å². The molecule has 1 unspecified atom stereocenters. The minimum atomic E-state index is -1.36. The molecule has 1 nitrogen and oxygen atoms in total. The summed E-state index contributed by atoms with van der Waals surface area (Å²) in [5.41, 5.74) is 0. The highest BCUT2D eigenvalue weighted by Gasteiger charge is 2.24. The van der Waals surface area contributed by atoms with Crippen LogP contribution in [-0.4, -0.2) is 20.7 Å². The summed E-state index contributed by atoms with van der Waals surface area (Å²) in [7, 11) is -1.36. The van der Waals surface area contributed by atoms with Gasteiger partial charge in [0.25, 0.3) is 0 Å². The van der Waals surface area contributed by atoms with Crippen molar-refractivity contribution in [2.75, 3.05) is 12.4 Å². The summed E-state index contributed by atoms with van der Waals surface area (Å²) < 4.78 is 5.86. The van der Waals surface area contributed by atoms with Gasteiger partial charge in [-0.2, -0.15) is 12.6 Å². The lowest BCUT2D eigenvalue weighted by Gasteiger charge is -2.25. The molecule has 0 rings (SSSR count). The van der Waals surface area contributed by atoms with Gasteiger partial charge in [0.05, 0.1) is 0 Å². The van der Waals surface area contributed by atoms with Crippen LogP contribution in [0.25, 0.3) is 0 Å². The molecule has 0 aliphatic rings. The third-order valence-electron chi connectivity index (χ3n) is 1.85. The molecule has 0 radical (unpaired) electrons. The molecule has 0 amide bonds. The van der Waals surface area contributed by atoms with E-state index in [4.69, 9.17) is 4.43 Å². The van der Waals surface area contributed by atoms with Crippen LogP contribution in [0.2, 0.25) is 19.1 Å². The fourth-order valence-corrected chi connectivity index (χ4v) is 4.41. The quantitative estimate of drug-likeness (QED) is 0.519. The van der Waals surface area contributed by atoms with Gasteiger partial charge >= 0.3 is 0 Å². The number of hydrogen-bond acceptors (Lipinski definition) is 2. The van der Waals surface area contributed by atoms with Crippen LogP contribution in [0.5, 0.6) is 0 Å². The largest absolute Gasteiger partial charge is 0.417 e. The van der Waals surface area contributed by atoms with Crippen LogP contribution in [0.1, 0.15) is 20.3 Å². The maximum Gasteiger partial charge on any atom is 0.187 e. The summed E-state index contributed by atoms with van der Waals surface area (Å²) >= 11 is 4.29. The standard InChI is InChI=1S/C9H22OSSi/c1-5-6-10-12(3,4)8-9(2)7-11/h9,11H,5-8H2,1-4H3. The molecular weight excluding hydrogens is 184 g/mol. The minimum Gasteiger partial charge on any atom is -0.417 e. The number of hydrogen-bond donors (Lipinski definition) is 1. The molecule has 0 aromatic rings. The van der Waals surface area contributed by atoms with Gasteiger partial charge in [0.2, 0.25) is 0 Å². The molecule has 0 fully saturated rings. The summed E-state index contributed by atoms with van der Waals surface area (Å²) in [6.07, 6.45) is 1.13. The summed E-state index contributed by atoms with van der Waals surface area (Å²) in [4.78, 5) is 0. The fourth-order valence-electron chi connectivity index (χ4n) is 1.34. The van der Waals surface area contributed by atoms with Crippen LogP contribution in [0.4, 0.5) is 0 Å². The van der Waals surface area contributed by atoms with E-state index in [0.717, 1.165) is 18.8 Å². The second-order valence-corrected chi connectivity index (χ2v) is 8.68. The highest BCUT2D eigenvalue weighted by atomic mass is 32.1. The van der Waals surface area contributed by atoms with Gasteiger partial charge in [-0.25, -0.2) is 0 Å². The van der Waals surface area contributed by atoms with E-state index in [0.29, 0.717) is 5.92 Å². The molecule has 0 N–H and O–H groups in total. The normalized spacial score (nSPS) is 14.8. The molecule has 0 bridgehead atoms. The Morgan fingerprint density at radius 3 is 2.42 bits per heavy atom. The van der Waals surface area contributed by atoms with Crippen molar-refractivity contribution in [1.29, 1.82) is 0 Å². The molecule has 12 heavy (non-hydrogen) atoms. The van der Waals surface area contributed by atoms with E-state index in [1.807, 2.05) is 0 Å².